The summed E-state index contributed by atoms with van der Waals surface area (Å²) in [7, 11) is 0. The van der Waals surface area contributed by atoms with Crippen LogP contribution >= 0.6 is 0 Å². The van der Waals surface area contributed by atoms with Gasteiger partial charge in [0.2, 0.25) is 0 Å². The van der Waals surface area contributed by atoms with Gasteiger partial charge in [0.1, 0.15) is 5.84 Å². The standard InChI is InChI=1S/C30H33N5/c1-4-29-21(3)30(34-14-13-27-25(18-34)10-9-20(2)16-31-27)33-28-19-35(29)32-17-26(28)24-12-11-22-7-5-6-8-23(22)15-24/h5-8,11-12,15-17,20H,4,9-10,13-14,18-19H2,1-3H3. The Balaban J connectivity index is 1.42. The molecule has 0 fully saturated rings. The molecule has 4 aliphatic heterocycles. The SMILES string of the molecule is CCC1=C(C)C(N2CCC3=C(CCC(C)C=N3)C2)=NC2=C(c3ccc4ccccc4c3)C=NN1C2. The molecule has 35 heavy (non-hydrogen) atoms. The van der Waals surface area contributed by atoms with E-state index in [0.717, 1.165) is 49.5 Å². The van der Waals surface area contributed by atoms with E-state index in [1.807, 2.05) is 6.21 Å². The molecule has 0 aromatic heterocycles. The number of benzene rings is 2. The molecular weight excluding hydrogens is 430 g/mol. The van der Waals surface area contributed by atoms with Crippen LogP contribution < -0.4 is 0 Å². The summed E-state index contributed by atoms with van der Waals surface area (Å²) in [6.07, 6.45) is 8.39. The van der Waals surface area contributed by atoms with Crippen molar-refractivity contribution in [3.05, 3.63) is 76.3 Å². The predicted molar refractivity (Wildman–Crippen MR) is 147 cm³/mol. The second-order valence-corrected chi connectivity index (χ2v) is 10.1. The zero-order valence-electron chi connectivity index (χ0n) is 21.0. The summed E-state index contributed by atoms with van der Waals surface area (Å²) in [5.74, 6) is 1.66. The lowest BCUT2D eigenvalue weighted by Gasteiger charge is -2.32. The number of hydrogen-bond donors (Lipinski definition) is 0. The second kappa shape index (κ2) is 8.95. The highest BCUT2D eigenvalue weighted by Crippen LogP contribution is 2.34. The predicted octanol–water partition coefficient (Wildman–Crippen LogP) is 6.41. The topological polar surface area (TPSA) is 43.6 Å². The number of amidine groups is 1. The maximum Gasteiger partial charge on any atom is 0.133 e. The molecule has 5 heteroatoms. The minimum atomic E-state index is 0.552. The molecule has 0 aliphatic carbocycles. The average Bonchev–Trinajstić information content (AvgIpc) is 3.14. The van der Waals surface area contributed by atoms with Crippen LogP contribution in [0.25, 0.3) is 16.3 Å². The Labute approximate surface area is 207 Å². The Kier molecular flexibility index (Phi) is 5.63. The summed E-state index contributed by atoms with van der Waals surface area (Å²) in [5.41, 5.74) is 8.70. The van der Waals surface area contributed by atoms with E-state index in [1.54, 1.807) is 0 Å². The van der Waals surface area contributed by atoms with Crippen LogP contribution in [0.15, 0.2) is 85.8 Å². The molecular formula is C30H33N5. The van der Waals surface area contributed by atoms with Gasteiger partial charge in [0.15, 0.2) is 0 Å². The lowest BCUT2D eigenvalue weighted by molar-refractivity contribution is 0.380. The van der Waals surface area contributed by atoms with Gasteiger partial charge in [0, 0.05) is 48.3 Å². The van der Waals surface area contributed by atoms with Gasteiger partial charge < -0.3 is 4.90 Å². The van der Waals surface area contributed by atoms with E-state index >= 15 is 0 Å². The lowest BCUT2D eigenvalue weighted by atomic mass is 9.98. The molecule has 178 valence electrons. The first-order chi connectivity index (χ1) is 17.1. The van der Waals surface area contributed by atoms with Crippen LogP contribution in [0.2, 0.25) is 0 Å². The van der Waals surface area contributed by atoms with E-state index in [1.165, 1.54) is 45.3 Å². The lowest BCUT2D eigenvalue weighted by Crippen LogP contribution is -2.38. The molecule has 2 bridgehead atoms. The summed E-state index contributed by atoms with van der Waals surface area (Å²) >= 11 is 0. The van der Waals surface area contributed by atoms with Crippen molar-refractivity contribution in [2.75, 3.05) is 19.6 Å². The molecule has 4 aliphatic rings. The summed E-state index contributed by atoms with van der Waals surface area (Å²) < 4.78 is 0. The van der Waals surface area contributed by atoms with Gasteiger partial charge in [0.05, 0.1) is 18.5 Å². The smallest absolute Gasteiger partial charge is 0.133 e. The van der Waals surface area contributed by atoms with Crippen molar-refractivity contribution < 1.29 is 0 Å². The largest absolute Gasteiger partial charge is 0.352 e. The van der Waals surface area contributed by atoms with Crippen LogP contribution in [0.1, 0.15) is 52.0 Å². The van der Waals surface area contributed by atoms with Gasteiger partial charge in [-0.3, -0.25) is 10.0 Å². The first kappa shape index (κ1) is 22.0. The number of allylic oxidation sites excluding steroid dienone is 2. The summed E-state index contributed by atoms with van der Waals surface area (Å²) in [5, 5.41) is 9.54. The van der Waals surface area contributed by atoms with Crippen molar-refractivity contribution in [2.24, 2.45) is 21.0 Å². The van der Waals surface area contributed by atoms with Gasteiger partial charge in [-0.05, 0) is 60.1 Å². The van der Waals surface area contributed by atoms with Gasteiger partial charge >= 0.3 is 0 Å². The number of rotatable bonds is 2. The van der Waals surface area contributed by atoms with E-state index in [0.29, 0.717) is 12.5 Å². The van der Waals surface area contributed by atoms with Crippen molar-refractivity contribution in [3.63, 3.8) is 0 Å². The van der Waals surface area contributed by atoms with E-state index < -0.39 is 0 Å². The number of hydrazone groups is 1. The molecule has 5 nitrogen and oxygen atoms in total. The van der Waals surface area contributed by atoms with E-state index in [9.17, 15) is 0 Å². The fraction of sp³-hybridized carbons (Fsp3) is 0.367. The molecule has 0 saturated heterocycles. The molecule has 0 radical (unpaired) electrons. The number of nitrogens with zero attached hydrogens (tertiary/aromatic N) is 5. The van der Waals surface area contributed by atoms with Crippen molar-refractivity contribution >= 4 is 34.6 Å². The molecule has 2 aromatic carbocycles. The third-order valence-corrected chi connectivity index (χ3v) is 7.75. The first-order valence-electron chi connectivity index (χ1n) is 12.9. The van der Waals surface area contributed by atoms with E-state index in [4.69, 9.17) is 15.1 Å². The Bertz CT molecular complexity index is 1370. The van der Waals surface area contributed by atoms with Crippen molar-refractivity contribution in [1.82, 2.24) is 9.91 Å². The first-order valence-corrected chi connectivity index (χ1v) is 12.9. The Morgan fingerprint density at radius 3 is 2.71 bits per heavy atom. The molecule has 0 N–H and O–H groups in total. The molecule has 0 spiro atoms. The molecule has 1 atom stereocenters. The third kappa shape index (κ3) is 4.03. The molecule has 0 saturated carbocycles. The Morgan fingerprint density at radius 2 is 1.86 bits per heavy atom. The second-order valence-electron chi connectivity index (χ2n) is 10.1. The minimum Gasteiger partial charge on any atom is -0.352 e. The van der Waals surface area contributed by atoms with Crippen molar-refractivity contribution in [1.29, 1.82) is 0 Å². The van der Waals surface area contributed by atoms with Crippen molar-refractivity contribution in [3.8, 4) is 0 Å². The fourth-order valence-corrected chi connectivity index (χ4v) is 5.69. The zero-order valence-corrected chi connectivity index (χ0v) is 21.0. The molecule has 4 heterocycles. The highest BCUT2D eigenvalue weighted by molar-refractivity contribution is 6.13. The van der Waals surface area contributed by atoms with Gasteiger partial charge in [0.25, 0.3) is 0 Å². The molecule has 2 aromatic rings. The molecule has 0 amide bonds. The zero-order chi connectivity index (χ0) is 23.9. The van der Waals surface area contributed by atoms with Crippen LogP contribution in [-0.4, -0.2) is 47.8 Å². The molecule has 6 rings (SSSR count). The normalized spacial score (nSPS) is 22.5. The highest BCUT2D eigenvalue weighted by atomic mass is 15.5. The number of fused-ring (bicyclic) bond motifs is 3. The maximum atomic E-state index is 5.38. The third-order valence-electron chi connectivity index (χ3n) is 7.75. The van der Waals surface area contributed by atoms with Gasteiger partial charge in [-0.2, -0.15) is 5.10 Å². The Hall–Kier alpha value is -3.47. The quantitative estimate of drug-likeness (QED) is 0.517. The van der Waals surface area contributed by atoms with E-state index in [-0.39, 0.29) is 0 Å². The fourth-order valence-electron chi connectivity index (χ4n) is 5.69. The van der Waals surface area contributed by atoms with Gasteiger partial charge in [-0.25, -0.2) is 4.99 Å². The van der Waals surface area contributed by atoms with Crippen LogP contribution in [0, 0.1) is 5.92 Å². The maximum absolute atomic E-state index is 5.38. The van der Waals surface area contributed by atoms with Gasteiger partial charge in [-0.15, -0.1) is 0 Å². The monoisotopic (exact) mass is 463 g/mol. The van der Waals surface area contributed by atoms with Crippen LogP contribution in [0.5, 0.6) is 0 Å². The molecule has 1 unspecified atom stereocenters. The van der Waals surface area contributed by atoms with E-state index in [2.05, 4.69) is 79.4 Å². The Morgan fingerprint density at radius 1 is 1.00 bits per heavy atom. The van der Waals surface area contributed by atoms with Crippen LogP contribution in [0.4, 0.5) is 0 Å². The van der Waals surface area contributed by atoms with Crippen LogP contribution in [-0.2, 0) is 0 Å². The summed E-state index contributed by atoms with van der Waals surface area (Å²) in [4.78, 5) is 12.7. The summed E-state index contributed by atoms with van der Waals surface area (Å²) in [6.45, 7) is 9.31. The number of hydrogen-bond acceptors (Lipinski definition) is 5. The van der Waals surface area contributed by atoms with Crippen LogP contribution in [0.3, 0.4) is 0 Å². The summed E-state index contributed by atoms with van der Waals surface area (Å²) in [6, 6.07) is 15.2. The number of aliphatic imine (C=N–C) groups is 2. The van der Waals surface area contributed by atoms with Crippen molar-refractivity contribution in [2.45, 2.75) is 46.5 Å². The minimum absolute atomic E-state index is 0.552. The average molecular weight is 464 g/mol. The highest BCUT2D eigenvalue weighted by Gasteiger charge is 2.30. The van der Waals surface area contributed by atoms with Gasteiger partial charge in [-0.1, -0.05) is 50.2 Å².